The van der Waals surface area contributed by atoms with E-state index in [-0.39, 0.29) is 25.7 Å². The number of hydrogen-bond acceptors (Lipinski definition) is 15. The Hall–Kier alpha value is -1.94. The van der Waals surface area contributed by atoms with Crippen LogP contribution in [0.3, 0.4) is 0 Å². The lowest BCUT2D eigenvalue weighted by atomic mass is 10.00. The third-order valence-electron chi connectivity index (χ3n) is 15.1. The number of rotatable bonds is 63. The van der Waals surface area contributed by atoms with Gasteiger partial charge in [-0.2, -0.15) is 0 Å². The average molecular weight is 1230 g/mol. The van der Waals surface area contributed by atoms with Crippen LogP contribution < -0.4 is 0 Å². The van der Waals surface area contributed by atoms with Gasteiger partial charge in [-0.15, -0.1) is 0 Å². The molecule has 0 aliphatic carbocycles. The number of phosphoric acid groups is 2. The molecule has 0 saturated carbocycles. The number of phosphoric ester groups is 2. The predicted octanol–water partition coefficient (Wildman–Crippen LogP) is 17.7. The third kappa shape index (κ3) is 57.6. The molecule has 0 spiro atoms. The molecule has 3 unspecified atom stereocenters. The van der Waals surface area contributed by atoms with Crippen molar-refractivity contribution in [2.45, 2.75) is 336 Å². The molecule has 3 N–H and O–H groups in total. The molecule has 0 aromatic carbocycles. The maximum absolute atomic E-state index is 13.0. The summed E-state index contributed by atoms with van der Waals surface area (Å²) < 4.78 is 67.8. The quantitative estimate of drug-likeness (QED) is 0.0222. The summed E-state index contributed by atoms with van der Waals surface area (Å²) in [6.45, 7) is 9.30. The van der Waals surface area contributed by atoms with E-state index in [0.717, 1.165) is 109 Å². The predicted molar refractivity (Wildman–Crippen MR) is 331 cm³/mol. The normalized spacial score (nSPS) is 14.6. The second-order valence-corrected chi connectivity index (χ2v) is 26.8. The highest BCUT2D eigenvalue weighted by Gasteiger charge is 2.30. The van der Waals surface area contributed by atoms with Gasteiger partial charge < -0.3 is 33.8 Å². The molecule has 19 heteroatoms. The van der Waals surface area contributed by atoms with Gasteiger partial charge in [0.05, 0.1) is 26.4 Å². The van der Waals surface area contributed by atoms with Gasteiger partial charge in [0.25, 0.3) is 0 Å². The van der Waals surface area contributed by atoms with E-state index < -0.39 is 97.5 Å². The van der Waals surface area contributed by atoms with Crippen molar-refractivity contribution < 1.29 is 80.2 Å². The largest absolute Gasteiger partial charge is 0.472 e. The van der Waals surface area contributed by atoms with Crippen LogP contribution in [0.1, 0.15) is 318 Å². The molecule has 0 aromatic heterocycles. The summed E-state index contributed by atoms with van der Waals surface area (Å²) >= 11 is 0. The Balaban J connectivity index is 5.13. The summed E-state index contributed by atoms with van der Waals surface area (Å²) in [5.41, 5.74) is 0. The second kappa shape index (κ2) is 56.6. The van der Waals surface area contributed by atoms with Crippen LogP contribution in [-0.2, 0) is 65.4 Å². The summed E-state index contributed by atoms with van der Waals surface area (Å²) in [6, 6.07) is 0. The average Bonchev–Trinajstić information content (AvgIpc) is 3.45. The molecule has 0 aromatic rings. The molecule has 0 bridgehead atoms. The second-order valence-electron chi connectivity index (χ2n) is 23.9. The lowest BCUT2D eigenvalue weighted by molar-refractivity contribution is -0.161. The molecule has 0 saturated heterocycles. The number of carbonyl (C=O) groups is 4. The Kier molecular flexibility index (Phi) is 55.2. The molecule has 0 aliphatic rings. The molecule has 17 nitrogen and oxygen atoms in total. The SMILES string of the molecule is CCCCCCCCCCCCCCCCCCCCC(=O)O[C@H](COC(=O)CCCCCCCCCC(C)C)COP(=O)(O)OC[C@@H](O)COP(=O)(O)OC[C@@H](COC(=O)CCCCCCC)OC(=O)CCCCCCCCC(C)CC. The zero-order valence-corrected chi connectivity index (χ0v) is 55.3. The monoisotopic (exact) mass is 1230 g/mol. The maximum Gasteiger partial charge on any atom is 0.472 e. The van der Waals surface area contributed by atoms with Gasteiger partial charge in [0, 0.05) is 25.7 Å². The molecule has 0 radical (unpaired) electrons. The van der Waals surface area contributed by atoms with E-state index in [4.69, 9.17) is 37.0 Å². The number of unbranched alkanes of at least 4 members (excludes halogenated alkanes) is 32. The molecule has 0 rings (SSSR count). The van der Waals surface area contributed by atoms with Crippen molar-refractivity contribution in [2.24, 2.45) is 11.8 Å². The van der Waals surface area contributed by atoms with Gasteiger partial charge in [-0.25, -0.2) is 9.13 Å². The van der Waals surface area contributed by atoms with E-state index in [0.29, 0.717) is 31.6 Å². The minimum absolute atomic E-state index is 0.102. The minimum atomic E-state index is -4.94. The van der Waals surface area contributed by atoms with Crippen molar-refractivity contribution in [2.75, 3.05) is 39.6 Å². The number of aliphatic hydroxyl groups is 1. The molecule has 0 fully saturated rings. The summed E-state index contributed by atoms with van der Waals surface area (Å²) in [5, 5.41) is 10.5. The molecular formula is C64H124O17P2. The van der Waals surface area contributed by atoms with Gasteiger partial charge in [0.15, 0.2) is 12.2 Å². The fraction of sp³-hybridized carbons (Fsp3) is 0.938. The van der Waals surface area contributed by atoms with Gasteiger partial charge in [-0.3, -0.25) is 37.3 Å². The summed E-state index contributed by atoms with van der Waals surface area (Å²) in [6.07, 6.45) is 39.5. The Morgan fingerprint density at radius 3 is 0.916 bits per heavy atom. The summed E-state index contributed by atoms with van der Waals surface area (Å²) in [5.74, 6) is -0.723. The van der Waals surface area contributed by atoms with E-state index in [1.54, 1.807) is 0 Å². The molecule has 0 heterocycles. The number of ether oxygens (including phenoxy) is 4. The van der Waals surface area contributed by atoms with Gasteiger partial charge >= 0.3 is 39.5 Å². The van der Waals surface area contributed by atoms with Crippen LogP contribution in [0.4, 0.5) is 0 Å². The molecule has 6 atom stereocenters. The first-order chi connectivity index (χ1) is 39.9. The van der Waals surface area contributed by atoms with E-state index in [1.807, 2.05) is 0 Å². The van der Waals surface area contributed by atoms with Crippen molar-refractivity contribution in [1.82, 2.24) is 0 Å². The zero-order chi connectivity index (χ0) is 61.5. The van der Waals surface area contributed by atoms with Crippen LogP contribution in [0.25, 0.3) is 0 Å². The van der Waals surface area contributed by atoms with Crippen LogP contribution in [0.5, 0.6) is 0 Å². The fourth-order valence-electron chi connectivity index (χ4n) is 9.50. The van der Waals surface area contributed by atoms with E-state index >= 15 is 0 Å². The lowest BCUT2D eigenvalue weighted by Crippen LogP contribution is -2.30. The van der Waals surface area contributed by atoms with Crippen LogP contribution in [0, 0.1) is 11.8 Å². The highest BCUT2D eigenvalue weighted by molar-refractivity contribution is 7.47. The molecule has 0 amide bonds. The van der Waals surface area contributed by atoms with E-state index in [1.165, 1.54) is 122 Å². The van der Waals surface area contributed by atoms with Crippen molar-refractivity contribution in [3.63, 3.8) is 0 Å². The summed E-state index contributed by atoms with van der Waals surface area (Å²) in [4.78, 5) is 71.9. The van der Waals surface area contributed by atoms with Crippen molar-refractivity contribution in [3.05, 3.63) is 0 Å². The topological polar surface area (TPSA) is 237 Å². The molecule has 492 valence electrons. The van der Waals surface area contributed by atoms with Gasteiger partial charge in [0.2, 0.25) is 0 Å². The van der Waals surface area contributed by atoms with Crippen LogP contribution in [0.15, 0.2) is 0 Å². The molecule has 83 heavy (non-hydrogen) atoms. The minimum Gasteiger partial charge on any atom is -0.462 e. The van der Waals surface area contributed by atoms with Gasteiger partial charge in [-0.1, -0.05) is 266 Å². The lowest BCUT2D eigenvalue weighted by Gasteiger charge is -2.21. The number of esters is 4. The molecule has 0 aliphatic heterocycles. The first kappa shape index (κ1) is 81.1. The first-order valence-electron chi connectivity index (χ1n) is 33.5. The Bertz CT molecular complexity index is 1630. The third-order valence-corrected chi connectivity index (χ3v) is 17.0. The fourth-order valence-corrected chi connectivity index (χ4v) is 11.1. The number of aliphatic hydroxyl groups excluding tert-OH is 1. The van der Waals surface area contributed by atoms with Gasteiger partial charge in [-0.05, 0) is 37.5 Å². The zero-order valence-electron chi connectivity index (χ0n) is 53.5. The number of hydrogen-bond donors (Lipinski definition) is 3. The van der Waals surface area contributed by atoms with E-state index in [2.05, 4.69) is 41.5 Å². The van der Waals surface area contributed by atoms with Crippen LogP contribution in [0.2, 0.25) is 0 Å². The highest BCUT2D eigenvalue weighted by atomic mass is 31.2. The number of carbonyl (C=O) groups excluding carboxylic acids is 4. The Labute approximate surface area is 505 Å². The maximum atomic E-state index is 13.0. The first-order valence-corrected chi connectivity index (χ1v) is 36.5. The Morgan fingerprint density at radius 2 is 0.614 bits per heavy atom. The van der Waals surface area contributed by atoms with Crippen molar-refractivity contribution in [3.8, 4) is 0 Å². The van der Waals surface area contributed by atoms with Crippen LogP contribution >= 0.6 is 15.6 Å². The van der Waals surface area contributed by atoms with Crippen molar-refractivity contribution >= 4 is 39.5 Å². The van der Waals surface area contributed by atoms with E-state index in [9.17, 15) is 43.2 Å². The van der Waals surface area contributed by atoms with Gasteiger partial charge in [0.1, 0.15) is 19.3 Å². The molecular weight excluding hydrogens is 1100 g/mol. The highest BCUT2D eigenvalue weighted by Crippen LogP contribution is 2.45. The van der Waals surface area contributed by atoms with Crippen molar-refractivity contribution in [1.29, 1.82) is 0 Å². The van der Waals surface area contributed by atoms with Crippen LogP contribution in [-0.4, -0.2) is 96.7 Å². The smallest absolute Gasteiger partial charge is 0.462 e. The summed E-state index contributed by atoms with van der Waals surface area (Å²) in [7, 11) is -9.88. The standard InChI is InChI=1S/C64H124O17P2/c1-7-10-12-14-15-16-17-18-19-20-21-22-23-24-25-28-36-42-48-63(68)80-60(53-75-62(67)47-41-35-29-26-27-33-38-44-56(4)5)55-79-83(72,73)77-51-58(65)50-76-82(70,71)78-54-59(52-74-61(66)46-40-32-13-11-8-2)81-64(69)49-43-37-31-30-34-39-45-57(6)9-3/h56-60,65H,7-55H2,1-6H3,(H,70,71)(H,72,73)/t57?,58-,59+,60+/m0/s1. The Morgan fingerprint density at radius 1 is 0.349 bits per heavy atom.